The smallest absolute Gasteiger partial charge is 0.243 e. The highest BCUT2D eigenvalue weighted by Crippen LogP contribution is 2.30. The highest BCUT2D eigenvalue weighted by molar-refractivity contribution is 7.15. The summed E-state index contributed by atoms with van der Waals surface area (Å²) in [6.45, 7) is 0. The zero-order chi connectivity index (χ0) is 13.9. The fourth-order valence-electron chi connectivity index (χ4n) is 2.40. The molecule has 0 saturated heterocycles. The summed E-state index contributed by atoms with van der Waals surface area (Å²) in [6, 6.07) is 9.26. The molecule has 0 saturated carbocycles. The van der Waals surface area contributed by atoms with E-state index in [4.69, 9.17) is 5.73 Å². The van der Waals surface area contributed by atoms with E-state index in [1.165, 1.54) is 11.3 Å². The number of hydrogen-bond acceptors (Lipinski definition) is 4. The Balaban J connectivity index is 1.60. The SMILES string of the molecule is NC(Cc1ccccc1)C(=O)Nc1nc2c(s1)CCC2. The predicted molar refractivity (Wildman–Crippen MR) is 80.9 cm³/mol. The molecule has 20 heavy (non-hydrogen) atoms. The van der Waals surface area contributed by atoms with Crippen LogP contribution in [-0.4, -0.2) is 16.9 Å². The zero-order valence-corrected chi connectivity index (χ0v) is 12.0. The Morgan fingerprint density at radius 1 is 1.35 bits per heavy atom. The van der Waals surface area contributed by atoms with Gasteiger partial charge in [-0.1, -0.05) is 30.3 Å². The van der Waals surface area contributed by atoms with E-state index < -0.39 is 6.04 Å². The molecular weight excluding hydrogens is 270 g/mol. The Labute approximate surface area is 122 Å². The number of rotatable bonds is 4. The van der Waals surface area contributed by atoms with Crippen LogP contribution in [0.5, 0.6) is 0 Å². The highest BCUT2D eigenvalue weighted by Gasteiger charge is 2.20. The van der Waals surface area contributed by atoms with Crippen molar-refractivity contribution in [3.05, 3.63) is 46.5 Å². The van der Waals surface area contributed by atoms with Gasteiger partial charge in [-0.2, -0.15) is 0 Å². The van der Waals surface area contributed by atoms with Gasteiger partial charge >= 0.3 is 0 Å². The predicted octanol–water partition coefficient (Wildman–Crippen LogP) is 2.14. The second-order valence-corrected chi connectivity index (χ2v) is 6.11. The van der Waals surface area contributed by atoms with Crippen LogP contribution in [0.4, 0.5) is 5.13 Å². The lowest BCUT2D eigenvalue weighted by Crippen LogP contribution is -2.37. The number of carbonyl (C=O) groups is 1. The van der Waals surface area contributed by atoms with Crippen LogP contribution in [0.2, 0.25) is 0 Å². The van der Waals surface area contributed by atoms with Crippen molar-refractivity contribution < 1.29 is 4.79 Å². The molecule has 0 fully saturated rings. The fraction of sp³-hybridized carbons (Fsp3) is 0.333. The van der Waals surface area contributed by atoms with Crippen molar-refractivity contribution in [2.45, 2.75) is 31.7 Å². The van der Waals surface area contributed by atoms with Crippen LogP contribution in [0, 0.1) is 0 Å². The molecule has 5 heteroatoms. The van der Waals surface area contributed by atoms with Crippen molar-refractivity contribution >= 4 is 22.4 Å². The highest BCUT2D eigenvalue weighted by atomic mass is 32.1. The molecule has 0 spiro atoms. The van der Waals surface area contributed by atoms with E-state index in [1.807, 2.05) is 30.3 Å². The van der Waals surface area contributed by atoms with Gasteiger partial charge in [-0.3, -0.25) is 4.79 Å². The number of aromatic nitrogens is 1. The number of benzene rings is 1. The van der Waals surface area contributed by atoms with E-state index in [0.29, 0.717) is 11.6 Å². The van der Waals surface area contributed by atoms with Gasteiger partial charge in [0, 0.05) is 4.88 Å². The third-order valence-corrected chi connectivity index (χ3v) is 4.53. The van der Waals surface area contributed by atoms with Gasteiger partial charge in [-0.25, -0.2) is 4.98 Å². The van der Waals surface area contributed by atoms with Gasteiger partial charge in [0.15, 0.2) is 5.13 Å². The number of thiazole rings is 1. The molecule has 3 rings (SSSR count). The molecule has 1 atom stereocenters. The van der Waals surface area contributed by atoms with E-state index in [-0.39, 0.29) is 5.91 Å². The number of anilines is 1. The van der Waals surface area contributed by atoms with Gasteiger partial charge in [0.2, 0.25) is 5.91 Å². The molecule has 4 nitrogen and oxygen atoms in total. The largest absolute Gasteiger partial charge is 0.320 e. The summed E-state index contributed by atoms with van der Waals surface area (Å²) in [5, 5.41) is 3.52. The van der Waals surface area contributed by atoms with Crippen molar-refractivity contribution in [3.63, 3.8) is 0 Å². The van der Waals surface area contributed by atoms with Crippen molar-refractivity contribution in [1.82, 2.24) is 4.98 Å². The molecule has 1 heterocycles. The maximum atomic E-state index is 12.1. The van der Waals surface area contributed by atoms with Gasteiger partial charge < -0.3 is 11.1 Å². The topological polar surface area (TPSA) is 68.0 Å². The summed E-state index contributed by atoms with van der Waals surface area (Å²) in [5.74, 6) is -0.165. The lowest BCUT2D eigenvalue weighted by molar-refractivity contribution is -0.117. The maximum Gasteiger partial charge on any atom is 0.243 e. The normalized spacial score (nSPS) is 14.8. The number of nitrogens with zero attached hydrogens (tertiary/aromatic N) is 1. The minimum atomic E-state index is -0.545. The molecule has 0 radical (unpaired) electrons. The molecule has 0 bridgehead atoms. The van der Waals surface area contributed by atoms with Gasteiger partial charge in [0.05, 0.1) is 11.7 Å². The lowest BCUT2D eigenvalue weighted by Gasteiger charge is -2.10. The standard InChI is InChI=1S/C15H17N3OS/c16-11(9-10-5-2-1-3-6-10)14(19)18-15-17-12-7-4-8-13(12)20-15/h1-3,5-6,11H,4,7-9,16H2,(H,17,18,19). The first kappa shape index (κ1) is 13.3. The van der Waals surface area contributed by atoms with Crippen LogP contribution in [0.3, 0.4) is 0 Å². The van der Waals surface area contributed by atoms with Crippen molar-refractivity contribution in [2.24, 2.45) is 5.73 Å². The van der Waals surface area contributed by atoms with E-state index in [2.05, 4.69) is 10.3 Å². The molecule has 3 N–H and O–H groups in total. The molecule has 2 aromatic rings. The van der Waals surface area contributed by atoms with Crippen LogP contribution in [-0.2, 0) is 24.1 Å². The Kier molecular flexibility index (Phi) is 3.80. The third kappa shape index (κ3) is 2.89. The Bertz CT molecular complexity index is 587. The number of aryl methyl sites for hydroxylation is 2. The molecule has 1 aromatic heterocycles. The number of nitrogens with two attached hydrogens (primary N) is 1. The van der Waals surface area contributed by atoms with E-state index in [9.17, 15) is 4.79 Å². The molecule has 1 aliphatic rings. The van der Waals surface area contributed by atoms with Crippen LogP contribution >= 0.6 is 11.3 Å². The monoisotopic (exact) mass is 287 g/mol. The molecule has 0 aliphatic heterocycles. The number of hydrogen-bond donors (Lipinski definition) is 2. The summed E-state index contributed by atoms with van der Waals surface area (Å²) >= 11 is 1.58. The average Bonchev–Trinajstić information content (AvgIpc) is 3.00. The number of nitrogens with one attached hydrogen (secondary N) is 1. The molecule has 1 aliphatic carbocycles. The number of fused-ring (bicyclic) bond motifs is 1. The van der Waals surface area contributed by atoms with Crippen molar-refractivity contribution in [2.75, 3.05) is 5.32 Å². The maximum absolute atomic E-state index is 12.1. The first-order valence-corrected chi connectivity index (χ1v) is 7.63. The molecule has 1 aromatic carbocycles. The zero-order valence-electron chi connectivity index (χ0n) is 11.1. The molecule has 104 valence electrons. The summed E-state index contributed by atoms with van der Waals surface area (Å²) in [4.78, 5) is 17.8. The van der Waals surface area contributed by atoms with E-state index in [0.717, 1.165) is 24.1 Å². The summed E-state index contributed by atoms with van der Waals surface area (Å²) in [7, 11) is 0. The minimum Gasteiger partial charge on any atom is -0.320 e. The Morgan fingerprint density at radius 2 is 2.15 bits per heavy atom. The molecular formula is C15H17N3OS. The second kappa shape index (κ2) is 5.73. The van der Waals surface area contributed by atoms with Gasteiger partial charge in [-0.15, -0.1) is 11.3 Å². The van der Waals surface area contributed by atoms with Crippen molar-refractivity contribution in [1.29, 1.82) is 0 Å². The number of amides is 1. The first-order chi connectivity index (χ1) is 9.72. The van der Waals surface area contributed by atoms with Gasteiger partial charge in [0.1, 0.15) is 0 Å². The van der Waals surface area contributed by atoms with Gasteiger partial charge in [-0.05, 0) is 31.2 Å². The van der Waals surface area contributed by atoms with Gasteiger partial charge in [0.25, 0.3) is 0 Å². The van der Waals surface area contributed by atoms with Crippen LogP contribution < -0.4 is 11.1 Å². The van der Waals surface area contributed by atoms with E-state index in [1.54, 1.807) is 11.3 Å². The third-order valence-electron chi connectivity index (χ3n) is 3.46. The molecule has 1 amide bonds. The fourth-order valence-corrected chi connectivity index (χ4v) is 3.46. The summed E-state index contributed by atoms with van der Waals surface area (Å²) < 4.78 is 0. The summed E-state index contributed by atoms with van der Waals surface area (Å²) in [5.41, 5.74) is 8.16. The quantitative estimate of drug-likeness (QED) is 0.905. The molecule has 1 unspecified atom stereocenters. The van der Waals surface area contributed by atoms with Crippen LogP contribution in [0.1, 0.15) is 22.6 Å². The Hall–Kier alpha value is -1.72. The Morgan fingerprint density at radius 3 is 2.90 bits per heavy atom. The average molecular weight is 287 g/mol. The number of carbonyl (C=O) groups excluding carboxylic acids is 1. The van der Waals surface area contributed by atoms with Crippen LogP contribution in [0.25, 0.3) is 0 Å². The second-order valence-electron chi connectivity index (χ2n) is 5.03. The van der Waals surface area contributed by atoms with Crippen molar-refractivity contribution in [3.8, 4) is 0 Å². The van der Waals surface area contributed by atoms with Crippen LogP contribution in [0.15, 0.2) is 30.3 Å². The summed E-state index contributed by atoms with van der Waals surface area (Å²) in [6.07, 6.45) is 3.82. The minimum absolute atomic E-state index is 0.165. The lowest BCUT2D eigenvalue weighted by atomic mass is 10.1. The first-order valence-electron chi connectivity index (χ1n) is 6.81. The van der Waals surface area contributed by atoms with E-state index >= 15 is 0 Å².